The van der Waals surface area contributed by atoms with Gasteiger partial charge in [0.1, 0.15) is 5.82 Å². The summed E-state index contributed by atoms with van der Waals surface area (Å²) in [6, 6.07) is 6.36. The SMILES string of the molecule is CC(C)(CN)Nc1cccc(F)c1. The van der Waals surface area contributed by atoms with E-state index in [4.69, 9.17) is 5.73 Å². The summed E-state index contributed by atoms with van der Waals surface area (Å²) < 4.78 is 12.8. The Morgan fingerprint density at radius 2 is 2.15 bits per heavy atom. The van der Waals surface area contributed by atoms with Gasteiger partial charge in [-0.1, -0.05) is 6.07 Å². The molecule has 0 spiro atoms. The number of nitrogens with one attached hydrogen (secondary N) is 1. The normalized spacial score (nSPS) is 11.4. The smallest absolute Gasteiger partial charge is 0.125 e. The van der Waals surface area contributed by atoms with Crippen molar-refractivity contribution in [3.8, 4) is 0 Å². The molecule has 1 rings (SSSR count). The third kappa shape index (κ3) is 3.03. The van der Waals surface area contributed by atoms with Crippen LogP contribution in [0.25, 0.3) is 0 Å². The zero-order valence-corrected chi connectivity index (χ0v) is 7.97. The molecule has 0 bridgehead atoms. The average Bonchev–Trinajstić information content (AvgIpc) is 2.03. The second-order valence-corrected chi connectivity index (χ2v) is 3.72. The summed E-state index contributed by atoms with van der Waals surface area (Å²) in [5, 5.41) is 3.14. The highest BCUT2D eigenvalue weighted by Crippen LogP contribution is 2.14. The number of rotatable bonds is 3. The summed E-state index contributed by atoms with van der Waals surface area (Å²) in [4.78, 5) is 0. The van der Waals surface area contributed by atoms with Crippen molar-refractivity contribution >= 4 is 5.69 Å². The van der Waals surface area contributed by atoms with Gasteiger partial charge >= 0.3 is 0 Å². The van der Waals surface area contributed by atoms with Gasteiger partial charge in [-0.2, -0.15) is 0 Å². The van der Waals surface area contributed by atoms with Crippen LogP contribution in [0, 0.1) is 5.82 Å². The lowest BCUT2D eigenvalue weighted by atomic mass is 10.1. The molecule has 2 nitrogen and oxygen atoms in total. The van der Waals surface area contributed by atoms with Gasteiger partial charge in [0.05, 0.1) is 0 Å². The maximum absolute atomic E-state index is 12.8. The molecule has 0 aromatic heterocycles. The van der Waals surface area contributed by atoms with Gasteiger partial charge < -0.3 is 11.1 Å². The fraction of sp³-hybridized carbons (Fsp3) is 0.400. The number of benzene rings is 1. The van der Waals surface area contributed by atoms with E-state index < -0.39 is 0 Å². The summed E-state index contributed by atoms with van der Waals surface area (Å²) in [6.45, 7) is 4.44. The van der Waals surface area contributed by atoms with Gasteiger partial charge in [-0.3, -0.25) is 0 Å². The lowest BCUT2D eigenvalue weighted by Gasteiger charge is -2.25. The molecule has 0 heterocycles. The molecule has 0 aliphatic carbocycles. The Kier molecular flexibility index (Phi) is 2.88. The van der Waals surface area contributed by atoms with Crippen LogP contribution in [0.1, 0.15) is 13.8 Å². The molecule has 3 heteroatoms. The molecule has 0 unspecified atom stereocenters. The summed E-state index contributed by atoms with van der Waals surface area (Å²) in [5.74, 6) is -0.238. The monoisotopic (exact) mass is 182 g/mol. The van der Waals surface area contributed by atoms with Gasteiger partial charge in [-0.15, -0.1) is 0 Å². The van der Waals surface area contributed by atoms with Crippen LogP contribution in [0.2, 0.25) is 0 Å². The first-order valence-corrected chi connectivity index (χ1v) is 4.27. The van der Waals surface area contributed by atoms with Gasteiger partial charge in [-0.05, 0) is 32.0 Å². The lowest BCUT2D eigenvalue weighted by molar-refractivity contribution is 0.578. The van der Waals surface area contributed by atoms with Gasteiger partial charge in [-0.25, -0.2) is 4.39 Å². The lowest BCUT2D eigenvalue weighted by Crippen LogP contribution is -2.39. The summed E-state index contributed by atoms with van der Waals surface area (Å²) in [6.07, 6.45) is 0. The van der Waals surface area contributed by atoms with E-state index in [1.54, 1.807) is 6.07 Å². The zero-order valence-electron chi connectivity index (χ0n) is 7.97. The molecule has 72 valence electrons. The number of anilines is 1. The number of nitrogens with two attached hydrogens (primary N) is 1. The van der Waals surface area contributed by atoms with E-state index in [0.717, 1.165) is 5.69 Å². The van der Waals surface area contributed by atoms with Crippen molar-refractivity contribution < 1.29 is 4.39 Å². The zero-order chi connectivity index (χ0) is 9.90. The van der Waals surface area contributed by atoms with Gasteiger partial charge in [0.2, 0.25) is 0 Å². The number of hydrogen-bond donors (Lipinski definition) is 2. The molecule has 0 saturated carbocycles. The molecule has 0 aliphatic rings. The number of hydrogen-bond acceptors (Lipinski definition) is 2. The summed E-state index contributed by atoms with van der Waals surface area (Å²) >= 11 is 0. The predicted molar refractivity (Wildman–Crippen MR) is 53.2 cm³/mol. The first-order chi connectivity index (χ1) is 6.03. The van der Waals surface area contributed by atoms with Crippen molar-refractivity contribution in [3.63, 3.8) is 0 Å². The van der Waals surface area contributed by atoms with Crippen LogP contribution in [0.5, 0.6) is 0 Å². The van der Waals surface area contributed by atoms with Crippen LogP contribution in [-0.4, -0.2) is 12.1 Å². The van der Waals surface area contributed by atoms with Crippen molar-refractivity contribution in [2.75, 3.05) is 11.9 Å². The van der Waals surface area contributed by atoms with Gasteiger partial charge in [0.15, 0.2) is 0 Å². The molecule has 0 aliphatic heterocycles. The first-order valence-electron chi connectivity index (χ1n) is 4.27. The highest BCUT2D eigenvalue weighted by molar-refractivity contribution is 5.45. The van der Waals surface area contributed by atoms with E-state index in [-0.39, 0.29) is 11.4 Å². The van der Waals surface area contributed by atoms with Crippen LogP contribution >= 0.6 is 0 Å². The maximum atomic E-state index is 12.8. The molecule has 1 aromatic carbocycles. The maximum Gasteiger partial charge on any atom is 0.125 e. The quantitative estimate of drug-likeness (QED) is 0.750. The van der Waals surface area contributed by atoms with E-state index in [1.165, 1.54) is 12.1 Å². The molecule has 3 N–H and O–H groups in total. The standard InChI is InChI=1S/C10H15FN2/c1-10(2,7-12)13-9-5-3-4-8(11)6-9/h3-6,13H,7,12H2,1-2H3. The number of halogens is 1. The Balaban J connectivity index is 2.74. The van der Waals surface area contributed by atoms with Crippen LogP contribution in [0.3, 0.4) is 0 Å². The van der Waals surface area contributed by atoms with Crippen molar-refractivity contribution in [2.45, 2.75) is 19.4 Å². The Morgan fingerprint density at radius 3 is 2.69 bits per heavy atom. The van der Waals surface area contributed by atoms with Crippen LogP contribution in [0.15, 0.2) is 24.3 Å². The second-order valence-electron chi connectivity index (χ2n) is 3.72. The van der Waals surface area contributed by atoms with Crippen molar-refractivity contribution in [1.29, 1.82) is 0 Å². The Bertz CT molecular complexity index is 284. The summed E-state index contributed by atoms with van der Waals surface area (Å²) in [5.41, 5.74) is 6.10. The predicted octanol–water partition coefficient (Wildman–Crippen LogP) is 1.97. The Labute approximate surface area is 77.9 Å². The third-order valence-corrected chi connectivity index (χ3v) is 1.82. The minimum atomic E-state index is -0.238. The van der Waals surface area contributed by atoms with Crippen molar-refractivity contribution in [1.82, 2.24) is 0 Å². The molecule has 0 radical (unpaired) electrons. The average molecular weight is 182 g/mol. The van der Waals surface area contributed by atoms with E-state index in [0.29, 0.717) is 6.54 Å². The van der Waals surface area contributed by atoms with E-state index in [2.05, 4.69) is 5.32 Å². The fourth-order valence-corrected chi connectivity index (χ4v) is 1.01. The Morgan fingerprint density at radius 1 is 1.46 bits per heavy atom. The third-order valence-electron chi connectivity index (χ3n) is 1.82. The van der Waals surface area contributed by atoms with Crippen LogP contribution in [0.4, 0.5) is 10.1 Å². The molecular weight excluding hydrogens is 167 g/mol. The second kappa shape index (κ2) is 3.75. The van der Waals surface area contributed by atoms with E-state index in [1.807, 2.05) is 19.9 Å². The van der Waals surface area contributed by atoms with Crippen molar-refractivity contribution in [2.24, 2.45) is 5.73 Å². The summed E-state index contributed by atoms with van der Waals surface area (Å²) in [7, 11) is 0. The highest BCUT2D eigenvalue weighted by atomic mass is 19.1. The molecule has 0 saturated heterocycles. The van der Waals surface area contributed by atoms with Gasteiger partial charge in [0.25, 0.3) is 0 Å². The largest absolute Gasteiger partial charge is 0.379 e. The molecule has 13 heavy (non-hydrogen) atoms. The highest BCUT2D eigenvalue weighted by Gasteiger charge is 2.14. The van der Waals surface area contributed by atoms with Gasteiger partial charge in [0, 0.05) is 17.8 Å². The minimum absolute atomic E-state index is 0.201. The van der Waals surface area contributed by atoms with E-state index in [9.17, 15) is 4.39 Å². The molecule has 1 aromatic rings. The topological polar surface area (TPSA) is 38.0 Å². The first kappa shape index (κ1) is 9.99. The Hall–Kier alpha value is -1.09. The van der Waals surface area contributed by atoms with Crippen LogP contribution < -0.4 is 11.1 Å². The van der Waals surface area contributed by atoms with Crippen LogP contribution in [-0.2, 0) is 0 Å². The molecule has 0 atom stereocenters. The molecule has 0 fully saturated rings. The molecular formula is C10H15FN2. The molecule has 0 amide bonds. The minimum Gasteiger partial charge on any atom is -0.379 e. The fourth-order valence-electron chi connectivity index (χ4n) is 1.01. The van der Waals surface area contributed by atoms with Crippen molar-refractivity contribution in [3.05, 3.63) is 30.1 Å². The van der Waals surface area contributed by atoms with E-state index >= 15 is 0 Å².